The number of hydrogen-bond donors (Lipinski definition) is 1. The molecule has 0 fully saturated rings. The molecule has 2 aromatic rings. The molecule has 2 rings (SSSR count). The maximum atomic E-state index is 10.9. The van der Waals surface area contributed by atoms with Crippen molar-refractivity contribution in [3.05, 3.63) is 42.2 Å². The lowest BCUT2D eigenvalue weighted by molar-refractivity contribution is 0.614. The SMILES string of the molecule is Cc1c([SH](=O)=O)cnn1-c1ccccc1. The number of nitrogens with zero attached hydrogens (tertiary/aromatic N) is 2. The van der Waals surface area contributed by atoms with E-state index in [1.165, 1.54) is 6.20 Å². The first-order chi connectivity index (χ1) is 7.20. The summed E-state index contributed by atoms with van der Waals surface area (Å²) in [5, 5.41) is 4.04. The number of para-hydroxylation sites is 1. The fraction of sp³-hybridized carbons (Fsp3) is 0.100. The molecular weight excluding hydrogens is 212 g/mol. The average molecular weight is 222 g/mol. The molecule has 1 aromatic heterocycles. The van der Waals surface area contributed by atoms with E-state index in [1.54, 1.807) is 11.6 Å². The highest BCUT2D eigenvalue weighted by atomic mass is 32.2. The van der Waals surface area contributed by atoms with Crippen LogP contribution in [0.3, 0.4) is 0 Å². The summed E-state index contributed by atoms with van der Waals surface area (Å²) in [6, 6.07) is 9.42. The van der Waals surface area contributed by atoms with Crippen LogP contribution in [0.5, 0.6) is 0 Å². The Morgan fingerprint density at radius 1 is 1.20 bits per heavy atom. The lowest BCUT2D eigenvalue weighted by atomic mass is 10.3. The summed E-state index contributed by atoms with van der Waals surface area (Å²) in [7, 11) is -2.57. The van der Waals surface area contributed by atoms with Crippen LogP contribution in [0.1, 0.15) is 5.69 Å². The number of aromatic nitrogens is 2. The summed E-state index contributed by atoms with van der Waals surface area (Å²) in [5.41, 5.74) is 1.50. The second kappa shape index (κ2) is 3.86. The molecule has 5 heteroatoms. The van der Waals surface area contributed by atoms with Gasteiger partial charge in [-0.2, -0.15) is 5.10 Å². The highest BCUT2D eigenvalue weighted by molar-refractivity contribution is 7.72. The Balaban J connectivity index is 2.56. The summed E-state index contributed by atoms with van der Waals surface area (Å²) in [5.74, 6) is 0. The Hall–Kier alpha value is -1.62. The first-order valence-electron chi connectivity index (χ1n) is 4.44. The van der Waals surface area contributed by atoms with Crippen LogP contribution in [0.2, 0.25) is 0 Å². The van der Waals surface area contributed by atoms with Crippen LogP contribution in [0.25, 0.3) is 5.69 Å². The van der Waals surface area contributed by atoms with Gasteiger partial charge in [-0.1, -0.05) is 18.2 Å². The van der Waals surface area contributed by atoms with E-state index in [0.29, 0.717) is 5.69 Å². The van der Waals surface area contributed by atoms with Crippen molar-refractivity contribution < 1.29 is 8.42 Å². The molecule has 0 unspecified atom stereocenters. The molecule has 0 bridgehead atoms. The van der Waals surface area contributed by atoms with E-state index in [0.717, 1.165) is 5.69 Å². The number of benzene rings is 1. The van der Waals surface area contributed by atoms with Gasteiger partial charge in [0.25, 0.3) is 0 Å². The van der Waals surface area contributed by atoms with Crippen molar-refractivity contribution >= 4 is 10.7 Å². The normalized spacial score (nSPS) is 10.8. The summed E-state index contributed by atoms with van der Waals surface area (Å²) >= 11 is 0. The van der Waals surface area contributed by atoms with Crippen molar-refractivity contribution in [2.24, 2.45) is 0 Å². The monoisotopic (exact) mass is 222 g/mol. The molecule has 0 radical (unpaired) electrons. The second-order valence-electron chi connectivity index (χ2n) is 3.12. The van der Waals surface area contributed by atoms with Crippen LogP contribution in [0.15, 0.2) is 41.4 Å². The zero-order valence-corrected chi connectivity index (χ0v) is 9.02. The van der Waals surface area contributed by atoms with Gasteiger partial charge < -0.3 is 0 Å². The van der Waals surface area contributed by atoms with Gasteiger partial charge in [-0.3, -0.25) is 0 Å². The van der Waals surface area contributed by atoms with Crippen molar-refractivity contribution in [1.82, 2.24) is 9.78 Å². The van der Waals surface area contributed by atoms with Crippen molar-refractivity contribution in [3.63, 3.8) is 0 Å². The van der Waals surface area contributed by atoms with Crippen molar-refractivity contribution in [3.8, 4) is 5.69 Å². The van der Waals surface area contributed by atoms with Gasteiger partial charge in [-0.15, -0.1) is 0 Å². The molecule has 1 aromatic carbocycles. The Kier molecular flexibility index (Phi) is 2.55. The lowest BCUT2D eigenvalue weighted by Gasteiger charge is -2.02. The molecule has 78 valence electrons. The summed E-state index contributed by atoms with van der Waals surface area (Å²) in [4.78, 5) is 0.272. The van der Waals surface area contributed by atoms with Crippen LogP contribution in [0, 0.1) is 6.92 Å². The smallest absolute Gasteiger partial charge is 0.171 e. The Bertz CT molecular complexity index is 536. The van der Waals surface area contributed by atoms with E-state index in [4.69, 9.17) is 0 Å². The molecule has 0 aliphatic carbocycles. The number of thiol groups is 1. The van der Waals surface area contributed by atoms with E-state index < -0.39 is 10.7 Å². The third-order valence-electron chi connectivity index (χ3n) is 2.18. The Morgan fingerprint density at radius 2 is 1.87 bits per heavy atom. The first kappa shape index (κ1) is 9.92. The molecule has 0 aliphatic heterocycles. The third kappa shape index (κ3) is 1.78. The topological polar surface area (TPSA) is 52.0 Å². The number of hydrogen-bond acceptors (Lipinski definition) is 3. The minimum Gasteiger partial charge on any atom is -0.237 e. The summed E-state index contributed by atoms with van der Waals surface area (Å²) in [6.45, 7) is 1.74. The van der Waals surface area contributed by atoms with Gasteiger partial charge in [0.1, 0.15) is 4.90 Å². The molecule has 0 N–H and O–H groups in total. The van der Waals surface area contributed by atoms with Gasteiger partial charge in [0, 0.05) is 0 Å². The molecule has 0 saturated heterocycles. The van der Waals surface area contributed by atoms with E-state index >= 15 is 0 Å². The van der Waals surface area contributed by atoms with Gasteiger partial charge in [-0.25, -0.2) is 13.1 Å². The molecule has 15 heavy (non-hydrogen) atoms. The van der Waals surface area contributed by atoms with Gasteiger partial charge in [0.05, 0.1) is 17.6 Å². The van der Waals surface area contributed by atoms with E-state index in [-0.39, 0.29) is 4.90 Å². The minimum atomic E-state index is -2.57. The van der Waals surface area contributed by atoms with E-state index in [9.17, 15) is 8.42 Å². The zero-order chi connectivity index (χ0) is 10.8. The van der Waals surface area contributed by atoms with Crippen molar-refractivity contribution in [1.29, 1.82) is 0 Å². The highest BCUT2D eigenvalue weighted by Gasteiger charge is 2.08. The predicted molar refractivity (Wildman–Crippen MR) is 56.9 cm³/mol. The van der Waals surface area contributed by atoms with Crippen LogP contribution in [0.4, 0.5) is 0 Å². The van der Waals surface area contributed by atoms with E-state index in [2.05, 4.69) is 5.10 Å². The molecule has 0 atom stereocenters. The molecule has 0 saturated carbocycles. The third-order valence-corrected chi connectivity index (χ3v) is 3.01. The maximum Gasteiger partial charge on any atom is 0.171 e. The highest BCUT2D eigenvalue weighted by Crippen LogP contribution is 2.14. The van der Waals surface area contributed by atoms with Crippen molar-refractivity contribution in [2.75, 3.05) is 0 Å². The second-order valence-corrected chi connectivity index (χ2v) is 4.12. The molecule has 1 heterocycles. The van der Waals surface area contributed by atoms with Gasteiger partial charge >= 0.3 is 0 Å². The fourth-order valence-corrected chi connectivity index (χ4v) is 1.91. The summed E-state index contributed by atoms with van der Waals surface area (Å²) in [6.07, 6.45) is 1.37. The fourth-order valence-electron chi connectivity index (χ4n) is 1.41. The van der Waals surface area contributed by atoms with Gasteiger partial charge in [-0.05, 0) is 19.1 Å². The molecule has 0 spiro atoms. The Labute approximate surface area is 89.1 Å². The van der Waals surface area contributed by atoms with Crippen molar-refractivity contribution in [2.45, 2.75) is 11.8 Å². The Morgan fingerprint density at radius 3 is 2.40 bits per heavy atom. The molecular formula is C10H10N2O2S. The molecule has 0 amide bonds. The first-order valence-corrected chi connectivity index (χ1v) is 5.62. The molecule has 4 nitrogen and oxygen atoms in total. The lowest BCUT2D eigenvalue weighted by Crippen LogP contribution is -1.98. The van der Waals surface area contributed by atoms with Gasteiger partial charge in [0.2, 0.25) is 0 Å². The minimum absolute atomic E-state index is 0.272. The standard InChI is InChI=1S/C10H10N2O2S/c1-8-10(15(13)14)7-11-12(8)9-5-3-2-4-6-9/h2-7,15H,1H3. The summed E-state index contributed by atoms with van der Waals surface area (Å²) < 4.78 is 23.3. The average Bonchev–Trinajstić information content (AvgIpc) is 2.61. The zero-order valence-electron chi connectivity index (χ0n) is 8.12. The van der Waals surface area contributed by atoms with E-state index in [1.807, 2.05) is 30.3 Å². The largest absolute Gasteiger partial charge is 0.237 e. The van der Waals surface area contributed by atoms with Crippen LogP contribution in [-0.4, -0.2) is 18.2 Å². The molecule has 0 aliphatic rings. The quantitative estimate of drug-likeness (QED) is 0.775. The number of rotatable bonds is 2. The van der Waals surface area contributed by atoms with Crippen LogP contribution in [-0.2, 0) is 10.7 Å². The van der Waals surface area contributed by atoms with Crippen LogP contribution < -0.4 is 0 Å². The maximum absolute atomic E-state index is 10.9. The predicted octanol–water partition coefficient (Wildman–Crippen LogP) is 1.15. The van der Waals surface area contributed by atoms with Gasteiger partial charge in [0.15, 0.2) is 10.7 Å². The van der Waals surface area contributed by atoms with Crippen LogP contribution >= 0.6 is 0 Å².